The second-order valence-corrected chi connectivity index (χ2v) is 16.3. The second kappa shape index (κ2) is 9.53. The molecular formula is C26H34Si2. The van der Waals surface area contributed by atoms with E-state index in [0.29, 0.717) is 5.04 Å². The summed E-state index contributed by atoms with van der Waals surface area (Å²) in [7, 11) is -1.32. The van der Waals surface area contributed by atoms with Gasteiger partial charge in [-0.05, 0) is 17.0 Å². The molecule has 0 aliphatic carbocycles. The topological polar surface area (TPSA) is 0 Å². The van der Waals surface area contributed by atoms with Gasteiger partial charge in [0.2, 0.25) is 0 Å². The van der Waals surface area contributed by atoms with Crippen LogP contribution in [-0.2, 0) is 5.04 Å². The summed E-state index contributed by atoms with van der Waals surface area (Å²) in [6.45, 7) is 7.64. The first-order chi connectivity index (χ1) is 13.5. The summed E-state index contributed by atoms with van der Waals surface area (Å²) < 4.78 is 0. The summed E-state index contributed by atoms with van der Waals surface area (Å²) >= 11 is 0. The molecule has 146 valence electrons. The molecule has 0 radical (unpaired) electrons. The minimum Gasteiger partial charge on any atom is -0.0687 e. The van der Waals surface area contributed by atoms with Gasteiger partial charge in [0.25, 0.3) is 0 Å². The van der Waals surface area contributed by atoms with E-state index in [-0.39, 0.29) is 9.52 Å². The van der Waals surface area contributed by atoms with Gasteiger partial charge in [-0.25, -0.2) is 0 Å². The zero-order valence-electron chi connectivity index (χ0n) is 17.7. The van der Waals surface area contributed by atoms with E-state index in [9.17, 15) is 0 Å². The lowest BCUT2D eigenvalue weighted by Crippen LogP contribution is -2.51. The summed E-state index contributed by atoms with van der Waals surface area (Å²) in [5, 5.41) is 3.52. The molecule has 0 N–H and O–H groups in total. The van der Waals surface area contributed by atoms with Crippen molar-refractivity contribution in [2.24, 2.45) is 0 Å². The fourth-order valence-electron chi connectivity index (χ4n) is 4.43. The molecule has 1 fully saturated rings. The Morgan fingerprint density at radius 1 is 0.679 bits per heavy atom. The smallest absolute Gasteiger partial charge is 0.0687 e. The molecule has 4 rings (SSSR count). The van der Waals surface area contributed by atoms with Crippen molar-refractivity contribution in [1.29, 1.82) is 0 Å². The first-order valence-electron chi connectivity index (χ1n) is 10.6. The lowest BCUT2D eigenvalue weighted by molar-refractivity contribution is 0.504. The van der Waals surface area contributed by atoms with Gasteiger partial charge in [0.1, 0.15) is 0 Å². The first-order valence-corrected chi connectivity index (χ1v) is 15.3. The van der Waals surface area contributed by atoms with Gasteiger partial charge in [-0.2, -0.15) is 0 Å². The van der Waals surface area contributed by atoms with E-state index in [0.717, 1.165) is 0 Å². The standard InChI is InChI=1S/C14H22Si.C12H12Si/c1-14(13-9-5-4-6-10-13)11-7-8-12-15(14,2)3;1-3-7-11(8-4-1)13-12-9-5-2-6-10-12/h4-6,9-10H,7-8,11-12H2,1-3H3;1-10H,13H2. The van der Waals surface area contributed by atoms with Gasteiger partial charge in [0, 0.05) is 0 Å². The molecule has 2 heteroatoms. The van der Waals surface area contributed by atoms with Gasteiger partial charge < -0.3 is 0 Å². The van der Waals surface area contributed by atoms with Gasteiger partial charge in [0.15, 0.2) is 0 Å². The molecule has 1 aliphatic heterocycles. The van der Waals surface area contributed by atoms with Crippen LogP contribution in [0.3, 0.4) is 0 Å². The largest absolute Gasteiger partial charge is 0.0875 e. The Balaban J connectivity index is 0.000000162. The SMILES string of the molecule is CC1(c2ccccc2)CCCC[Si]1(C)C.c1ccc([SiH2]c2ccccc2)cc1. The molecule has 1 heterocycles. The van der Waals surface area contributed by atoms with E-state index in [2.05, 4.69) is 111 Å². The average Bonchev–Trinajstić information content (AvgIpc) is 2.73. The van der Waals surface area contributed by atoms with Crippen LogP contribution in [-0.4, -0.2) is 17.6 Å². The van der Waals surface area contributed by atoms with E-state index < -0.39 is 8.07 Å². The van der Waals surface area contributed by atoms with Crippen LogP contribution >= 0.6 is 0 Å². The van der Waals surface area contributed by atoms with Crippen LogP contribution in [0.25, 0.3) is 0 Å². The maximum atomic E-state index is 2.57. The monoisotopic (exact) mass is 402 g/mol. The summed E-state index contributed by atoms with van der Waals surface area (Å²) in [5.74, 6) is 0. The zero-order chi connectivity index (χ0) is 19.9. The van der Waals surface area contributed by atoms with Crippen molar-refractivity contribution in [2.75, 3.05) is 0 Å². The Hall–Kier alpha value is -1.91. The third-order valence-electron chi connectivity index (χ3n) is 6.73. The highest BCUT2D eigenvalue weighted by Crippen LogP contribution is 2.45. The highest BCUT2D eigenvalue weighted by Gasteiger charge is 2.45. The van der Waals surface area contributed by atoms with Crippen LogP contribution in [0, 0.1) is 0 Å². The molecule has 1 saturated heterocycles. The maximum Gasteiger partial charge on any atom is 0.0875 e. The molecule has 0 nitrogen and oxygen atoms in total. The predicted octanol–water partition coefficient (Wildman–Crippen LogP) is 5.18. The van der Waals surface area contributed by atoms with Crippen molar-refractivity contribution in [3.8, 4) is 0 Å². The first kappa shape index (κ1) is 20.8. The molecule has 3 aromatic carbocycles. The van der Waals surface area contributed by atoms with Crippen LogP contribution in [0.2, 0.25) is 19.1 Å². The Morgan fingerprint density at radius 3 is 1.61 bits per heavy atom. The normalized spacial score (nSPS) is 20.7. The van der Waals surface area contributed by atoms with E-state index in [4.69, 9.17) is 0 Å². The second-order valence-electron chi connectivity index (χ2n) is 8.94. The van der Waals surface area contributed by atoms with Crippen molar-refractivity contribution in [2.45, 2.75) is 50.4 Å². The molecule has 28 heavy (non-hydrogen) atoms. The average molecular weight is 403 g/mol. The number of rotatable bonds is 3. The summed E-state index contributed by atoms with van der Waals surface area (Å²) in [6.07, 6.45) is 4.28. The molecule has 1 atom stereocenters. The van der Waals surface area contributed by atoms with Gasteiger partial charge in [-0.1, -0.05) is 140 Å². The molecule has 1 aliphatic rings. The van der Waals surface area contributed by atoms with Crippen molar-refractivity contribution >= 4 is 28.0 Å². The molecule has 0 bridgehead atoms. The lowest BCUT2D eigenvalue weighted by atomic mass is 9.93. The van der Waals surface area contributed by atoms with Crippen molar-refractivity contribution < 1.29 is 0 Å². The van der Waals surface area contributed by atoms with Gasteiger partial charge >= 0.3 is 0 Å². The molecule has 3 aromatic rings. The molecule has 0 saturated carbocycles. The fourth-order valence-corrected chi connectivity index (χ4v) is 9.40. The van der Waals surface area contributed by atoms with Gasteiger partial charge in [-0.3, -0.25) is 0 Å². The minimum atomic E-state index is -1.08. The lowest BCUT2D eigenvalue weighted by Gasteiger charge is -2.47. The third-order valence-corrected chi connectivity index (χ3v) is 13.6. The van der Waals surface area contributed by atoms with E-state index in [1.54, 1.807) is 5.56 Å². The molecule has 0 spiro atoms. The van der Waals surface area contributed by atoms with Gasteiger partial charge in [0.05, 0.1) is 17.6 Å². The zero-order valence-corrected chi connectivity index (χ0v) is 20.1. The Morgan fingerprint density at radius 2 is 1.14 bits per heavy atom. The summed E-state index contributed by atoms with van der Waals surface area (Å²) in [6, 6.07) is 34.2. The number of benzene rings is 3. The molecule has 1 unspecified atom stereocenters. The summed E-state index contributed by atoms with van der Waals surface area (Å²) in [5.41, 5.74) is 1.58. The quantitative estimate of drug-likeness (QED) is 0.529. The molecule has 0 amide bonds. The Labute approximate surface area is 174 Å². The highest BCUT2D eigenvalue weighted by molar-refractivity contribution is 6.80. The van der Waals surface area contributed by atoms with Crippen molar-refractivity contribution in [3.05, 3.63) is 96.6 Å². The van der Waals surface area contributed by atoms with Crippen LogP contribution in [0.1, 0.15) is 31.7 Å². The summed E-state index contributed by atoms with van der Waals surface area (Å²) in [4.78, 5) is 0. The van der Waals surface area contributed by atoms with Crippen LogP contribution in [0.15, 0.2) is 91.0 Å². The number of hydrogen-bond acceptors (Lipinski definition) is 0. The fraction of sp³-hybridized carbons (Fsp3) is 0.308. The number of hydrogen-bond donors (Lipinski definition) is 0. The third kappa shape index (κ3) is 5.12. The van der Waals surface area contributed by atoms with Crippen molar-refractivity contribution in [3.63, 3.8) is 0 Å². The maximum absolute atomic E-state index is 2.57. The van der Waals surface area contributed by atoms with E-state index in [1.807, 2.05) is 0 Å². The van der Waals surface area contributed by atoms with E-state index >= 15 is 0 Å². The molecular weight excluding hydrogens is 368 g/mol. The van der Waals surface area contributed by atoms with Gasteiger partial charge in [-0.15, -0.1) is 0 Å². The van der Waals surface area contributed by atoms with Crippen LogP contribution in [0.4, 0.5) is 0 Å². The van der Waals surface area contributed by atoms with Crippen LogP contribution < -0.4 is 10.4 Å². The van der Waals surface area contributed by atoms with Crippen LogP contribution in [0.5, 0.6) is 0 Å². The van der Waals surface area contributed by atoms with E-state index in [1.165, 1.54) is 35.7 Å². The Kier molecular flexibility index (Phi) is 7.09. The van der Waals surface area contributed by atoms with Crippen molar-refractivity contribution in [1.82, 2.24) is 0 Å². The highest BCUT2D eigenvalue weighted by atomic mass is 28.3. The minimum absolute atomic E-state index is 0.234. The predicted molar refractivity (Wildman–Crippen MR) is 131 cm³/mol. The Bertz CT molecular complexity index is 791. The molecule has 0 aromatic heterocycles.